The molecule has 0 unspecified atom stereocenters. The molecule has 1 aliphatic heterocycles. The summed E-state index contributed by atoms with van der Waals surface area (Å²) < 4.78 is 68.5. The van der Waals surface area contributed by atoms with Crippen molar-refractivity contribution in [3.63, 3.8) is 0 Å². The molecule has 1 aromatic carbocycles. The van der Waals surface area contributed by atoms with E-state index in [1.54, 1.807) is 7.05 Å². The van der Waals surface area contributed by atoms with Gasteiger partial charge in [-0.05, 0) is 18.6 Å². The fourth-order valence-corrected chi connectivity index (χ4v) is 5.77. The second kappa shape index (κ2) is 7.06. The van der Waals surface area contributed by atoms with E-state index in [2.05, 4.69) is 4.98 Å². The topological polar surface area (TPSA) is 92.6 Å². The van der Waals surface area contributed by atoms with Gasteiger partial charge in [-0.1, -0.05) is 12.1 Å². The Bertz CT molecular complexity index is 1000. The average Bonchev–Trinajstić information content (AvgIpc) is 2.88. The third-order valence-corrected chi connectivity index (χ3v) is 7.87. The van der Waals surface area contributed by atoms with Crippen molar-refractivity contribution >= 4 is 20.0 Å². The van der Waals surface area contributed by atoms with Crippen molar-refractivity contribution in [2.45, 2.75) is 16.3 Å². The molecule has 0 saturated carbocycles. The van der Waals surface area contributed by atoms with E-state index in [0.29, 0.717) is 6.42 Å². The zero-order chi connectivity index (χ0) is 18.9. The summed E-state index contributed by atoms with van der Waals surface area (Å²) in [4.78, 5) is 3.47. The summed E-state index contributed by atoms with van der Waals surface area (Å²) >= 11 is 0. The van der Waals surface area contributed by atoms with Crippen LogP contribution in [0, 0.1) is 5.82 Å². The first-order valence-corrected chi connectivity index (χ1v) is 10.8. The van der Waals surface area contributed by atoms with Gasteiger partial charge < -0.3 is 4.57 Å². The number of aromatic nitrogens is 2. The predicted octanol–water partition coefficient (Wildman–Crippen LogP) is 0.645. The van der Waals surface area contributed by atoms with E-state index in [-0.39, 0.29) is 31.2 Å². The van der Waals surface area contributed by atoms with Crippen LogP contribution in [0.3, 0.4) is 0 Å². The number of hydrogen-bond acceptors (Lipinski definition) is 5. The molecule has 0 spiro atoms. The maximum atomic E-state index is 13.9. The van der Waals surface area contributed by atoms with Gasteiger partial charge >= 0.3 is 0 Å². The van der Waals surface area contributed by atoms with Gasteiger partial charge in [0.25, 0.3) is 10.0 Å². The fraction of sp³-hybridized carbons (Fsp3) is 0.400. The molecule has 142 valence electrons. The van der Waals surface area contributed by atoms with E-state index in [9.17, 15) is 21.2 Å². The Labute approximate surface area is 152 Å². The largest absolute Gasteiger partial charge is 0.339 e. The molecule has 26 heavy (non-hydrogen) atoms. The number of hydrogen-bond donors (Lipinski definition) is 0. The molecule has 1 aliphatic rings. The third kappa shape index (κ3) is 3.52. The van der Waals surface area contributed by atoms with E-state index in [1.165, 1.54) is 39.6 Å². The van der Waals surface area contributed by atoms with Crippen molar-refractivity contribution in [3.8, 4) is 0 Å². The van der Waals surface area contributed by atoms with Gasteiger partial charge in [-0.3, -0.25) is 0 Å². The summed E-state index contributed by atoms with van der Waals surface area (Å²) in [5.74, 6) is -0.824. The monoisotopic (exact) mass is 402 g/mol. The van der Waals surface area contributed by atoms with Gasteiger partial charge in [0.05, 0.1) is 6.33 Å². The van der Waals surface area contributed by atoms with Crippen LogP contribution in [0.5, 0.6) is 0 Å². The number of imidazole rings is 1. The first-order chi connectivity index (χ1) is 12.2. The molecular weight excluding hydrogens is 383 g/mol. The zero-order valence-electron chi connectivity index (χ0n) is 14.1. The van der Waals surface area contributed by atoms with Crippen molar-refractivity contribution in [1.82, 2.24) is 18.2 Å². The first kappa shape index (κ1) is 19.0. The van der Waals surface area contributed by atoms with E-state index < -0.39 is 30.8 Å². The number of sulfonamides is 2. The molecule has 11 heteroatoms. The Morgan fingerprint density at radius 3 is 2.15 bits per heavy atom. The minimum absolute atomic E-state index is 0.0212. The molecule has 0 N–H and O–H groups in total. The van der Waals surface area contributed by atoms with Crippen molar-refractivity contribution in [2.24, 2.45) is 7.05 Å². The molecule has 1 saturated heterocycles. The number of nitrogens with zero attached hydrogens (tertiary/aromatic N) is 4. The fourth-order valence-electron chi connectivity index (χ4n) is 2.80. The van der Waals surface area contributed by atoms with E-state index in [0.717, 1.165) is 10.4 Å². The van der Waals surface area contributed by atoms with E-state index in [4.69, 9.17) is 0 Å². The Kier molecular flexibility index (Phi) is 5.15. The van der Waals surface area contributed by atoms with Crippen molar-refractivity contribution in [3.05, 3.63) is 42.6 Å². The summed E-state index contributed by atoms with van der Waals surface area (Å²) in [6.45, 7) is 0.211. The molecular formula is C15H19FN4O4S2. The highest BCUT2D eigenvalue weighted by Gasteiger charge is 2.33. The summed E-state index contributed by atoms with van der Waals surface area (Å²) in [6.07, 6.45) is 3.09. The van der Waals surface area contributed by atoms with Gasteiger partial charge in [-0.25, -0.2) is 26.2 Å². The van der Waals surface area contributed by atoms with Crippen LogP contribution >= 0.6 is 0 Å². The van der Waals surface area contributed by atoms with Gasteiger partial charge in [-0.2, -0.15) is 8.61 Å². The summed E-state index contributed by atoms with van der Waals surface area (Å²) in [5.41, 5.74) is 0. The zero-order valence-corrected chi connectivity index (χ0v) is 15.7. The lowest BCUT2D eigenvalue weighted by Gasteiger charge is -2.21. The quantitative estimate of drug-likeness (QED) is 0.749. The number of halogens is 1. The van der Waals surface area contributed by atoms with Gasteiger partial charge in [0.1, 0.15) is 10.7 Å². The number of aryl methyl sites for hydroxylation is 1. The summed E-state index contributed by atoms with van der Waals surface area (Å²) in [6, 6.07) is 5.16. The second-order valence-corrected chi connectivity index (χ2v) is 9.76. The summed E-state index contributed by atoms with van der Waals surface area (Å²) in [5, 5.41) is -0.0783. The smallest absolute Gasteiger partial charge is 0.262 e. The molecule has 2 heterocycles. The van der Waals surface area contributed by atoms with Crippen LogP contribution in [-0.2, 0) is 27.1 Å². The SMILES string of the molecule is Cn1cnc(S(=O)(=O)N2CCCN(S(=O)(=O)c3ccccc3F)CC2)c1. The molecule has 0 amide bonds. The van der Waals surface area contributed by atoms with Gasteiger partial charge in [0.2, 0.25) is 10.0 Å². The van der Waals surface area contributed by atoms with Crippen molar-refractivity contribution in [1.29, 1.82) is 0 Å². The highest BCUT2D eigenvalue weighted by atomic mass is 32.2. The van der Waals surface area contributed by atoms with E-state index in [1.807, 2.05) is 0 Å². The van der Waals surface area contributed by atoms with Crippen LogP contribution in [0.15, 0.2) is 46.7 Å². The molecule has 3 rings (SSSR count). The molecule has 0 atom stereocenters. The minimum Gasteiger partial charge on any atom is -0.339 e. The van der Waals surface area contributed by atoms with Crippen LogP contribution in [-0.4, -0.2) is 61.2 Å². The molecule has 1 aromatic heterocycles. The maximum absolute atomic E-state index is 13.9. The lowest BCUT2D eigenvalue weighted by Crippen LogP contribution is -2.37. The maximum Gasteiger partial charge on any atom is 0.262 e. The lowest BCUT2D eigenvalue weighted by molar-refractivity contribution is 0.402. The molecule has 8 nitrogen and oxygen atoms in total. The lowest BCUT2D eigenvalue weighted by atomic mass is 10.3. The molecule has 2 aromatic rings. The van der Waals surface area contributed by atoms with E-state index >= 15 is 0 Å². The molecule has 0 radical (unpaired) electrons. The van der Waals surface area contributed by atoms with Crippen molar-refractivity contribution in [2.75, 3.05) is 26.2 Å². The Morgan fingerprint density at radius 1 is 0.962 bits per heavy atom. The van der Waals surface area contributed by atoms with Crippen LogP contribution in [0.4, 0.5) is 4.39 Å². The second-order valence-electron chi connectivity index (χ2n) is 5.97. The van der Waals surface area contributed by atoms with Crippen LogP contribution in [0.1, 0.15) is 6.42 Å². The molecule has 1 fully saturated rings. The van der Waals surface area contributed by atoms with Crippen LogP contribution < -0.4 is 0 Å². The van der Waals surface area contributed by atoms with Gasteiger partial charge in [0.15, 0.2) is 5.03 Å². The van der Waals surface area contributed by atoms with Gasteiger partial charge in [-0.15, -0.1) is 0 Å². The Balaban J connectivity index is 1.82. The molecule has 0 aliphatic carbocycles. The van der Waals surface area contributed by atoms with Gasteiger partial charge in [0, 0.05) is 39.4 Å². The normalized spacial score (nSPS) is 17.9. The average molecular weight is 402 g/mol. The molecule has 0 bridgehead atoms. The standard InChI is InChI=1S/C15H19FN4O4S2/c1-18-11-15(17-12-18)26(23,24)20-8-4-7-19(9-10-20)25(21,22)14-6-3-2-5-13(14)16/h2-3,5-6,11-12H,4,7-10H2,1H3. The predicted molar refractivity (Wildman–Crippen MR) is 91.7 cm³/mol. The summed E-state index contributed by atoms with van der Waals surface area (Å²) in [7, 11) is -6.16. The third-order valence-electron chi connectivity index (χ3n) is 4.15. The Hall–Kier alpha value is -1.82. The van der Waals surface area contributed by atoms with Crippen molar-refractivity contribution < 1.29 is 21.2 Å². The number of benzene rings is 1. The van der Waals surface area contributed by atoms with Crippen LogP contribution in [0.25, 0.3) is 0 Å². The Morgan fingerprint density at radius 2 is 1.58 bits per heavy atom. The highest BCUT2D eigenvalue weighted by molar-refractivity contribution is 7.89. The van der Waals surface area contributed by atoms with Crippen LogP contribution in [0.2, 0.25) is 0 Å². The minimum atomic E-state index is -4.03. The number of rotatable bonds is 4. The highest BCUT2D eigenvalue weighted by Crippen LogP contribution is 2.22. The first-order valence-electron chi connectivity index (χ1n) is 7.96.